The highest BCUT2D eigenvalue weighted by molar-refractivity contribution is 14.0. The van der Waals surface area contributed by atoms with Crippen LogP contribution in [0.1, 0.15) is 37.2 Å². The second-order valence-electron chi connectivity index (χ2n) is 7.24. The van der Waals surface area contributed by atoms with E-state index in [-0.39, 0.29) is 47.8 Å². The van der Waals surface area contributed by atoms with Crippen molar-refractivity contribution in [3.8, 4) is 5.75 Å². The van der Waals surface area contributed by atoms with Crippen LogP contribution in [0.3, 0.4) is 0 Å². The highest BCUT2D eigenvalue weighted by atomic mass is 127. The van der Waals surface area contributed by atoms with Crippen LogP contribution in [-0.4, -0.2) is 57.9 Å². The van der Waals surface area contributed by atoms with Crippen LogP contribution in [-0.2, 0) is 9.47 Å². The van der Waals surface area contributed by atoms with Gasteiger partial charge in [-0.15, -0.1) is 37.1 Å². The first kappa shape index (κ1) is 25.0. The second-order valence-corrected chi connectivity index (χ2v) is 7.24. The molecule has 170 valence electrons. The number of guanidine groups is 1. The molecule has 0 radical (unpaired) electrons. The zero-order chi connectivity index (χ0) is 20.7. The van der Waals surface area contributed by atoms with Gasteiger partial charge in [-0.05, 0) is 37.3 Å². The van der Waals surface area contributed by atoms with Crippen molar-refractivity contribution in [1.82, 2.24) is 10.6 Å². The maximum atomic E-state index is 12.6. The molecule has 2 aliphatic rings. The molecule has 2 N–H and O–H groups in total. The van der Waals surface area contributed by atoms with Crippen molar-refractivity contribution < 1.29 is 27.4 Å². The van der Waals surface area contributed by atoms with Crippen LogP contribution in [0.2, 0.25) is 0 Å². The number of halogens is 4. The summed E-state index contributed by atoms with van der Waals surface area (Å²) in [6.45, 7) is 2.79. The lowest BCUT2D eigenvalue weighted by Gasteiger charge is -2.15. The summed E-state index contributed by atoms with van der Waals surface area (Å²) in [5.41, 5.74) is 0.556. The van der Waals surface area contributed by atoms with E-state index in [1.165, 1.54) is 12.1 Å². The molecule has 0 spiro atoms. The van der Waals surface area contributed by atoms with E-state index in [1.807, 2.05) is 0 Å². The number of nitrogens with zero attached hydrogens (tertiary/aromatic N) is 1. The third kappa shape index (κ3) is 8.10. The van der Waals surface area contributed by atoms with Crippen LogP contribution in [0.15, 0.2) is 29.3 Å². The standard InChI is InChI=1S/C20H28F3N3O3.HI/c1-24-19(25-9-5-10-27-13-14-6-4-11-28-14)26-17-12-16(17)15-7-2-3-8-18(15)29-20(21,22)23;/h2-3,7-8,14,16-17H,4-6,9-13H2,1H3,(H2,24,25,26);1H. The Balaban J connectivity index is 0.00000320. The van der Waals surface area contributed by atoms with Gasteiger partial charge < -0.3 is 24.8 Å². The summed E-state index contributed by atoms with van der Waals surface area (Å²) in [4.78, 5) is 4.18. The van der Waals surface area contributed by atoms with E-state index < -0.39 is 6.36 Å². The molecule has 1 aromatic carbocycles. The molecular weight excluding hydrogens is 514 g/mol. The first-order chi connectivity index (χ1) is 14.0. The molecule has 2 fully saturated rings. The minimum absolute atomic E-state index is 0. The predicted octanol–water partition coefficient (Wildman–Crippen LogP) is 3.81. The van der Waals surface area contributed by atoms with Gasteiger partial charge in [0.1, 0.15) is 5.75 Å². The Morgan fingerprint density at radius 2 is 2.10 bits per heavy atom. The van der Waals surface area contributed by atoms with Gasteiger partial charge in [0.15, 0.2) is 5.96 Å². The zero-order valence-electron chi connectivity index (χ0n) is 16.9. The van der Waals surface area contributed by atoms with Crippen molar-refractivity contribution >= 4 is 29.9 Å². The number of nitrogens with one attached hydrogen (secondary N) is 2. The Labute approximate surface area is 192 Å². The molecule has 3 rings (SSSR count). The summed E-state index contributed by atoms with van der Waals surface area (Å²) in [7, 11) is 1.67. The van der Waals surface area contributed by atoms with Crippen LogP contribution >= 0.6 is 24.0 Å². The van der Waals surface area contributed by atoms with Gasteiger partial charge in [0.05, 0.1) is 12.7 Å². The summed E-state index contributed by atoms with van der Waals surface area (Å²) in [6, 6.07) is 6.31. The van der Waals surface area contributed by atoms with Gasteiger partial charge in [-0.2, -0.15) is 0 Å². The number of aliphatic imine (C=N–C) groups is 1. The Hall–Kier alpha value is -1.27. The fourth-order valence-corrected chi connectivity index (χ4v) is 3.44. The summed E-state index contributed by atoms with van der Waals surface area (Å²) in [5, 5.41) is 6.47. The fraction of sp³-hybridized carbons (Fsp3) is 0.650. The number of benzene rings is 1. The number of hydrogen-bond donors (Lipinski definition) is 2. The molecule has 3 atom stereocenters. The smallest absolute Gasteiger partial charge is 0.405 e. The molecule has 1 aliphatic carbocycles. The average molecular weight is 543 g/mol. The van der Waals surface area contributed by atoms with Crippen LogP contribution in [0.5, 0.6) is 5.75 Å². The summed E-state index contributed by atoms with van der Waals surface area (Å²) >= 11 is 0. The summed E-state index contributed by atoms with van der Waals surface area (Å²) in [5.74, 6) is 0.452. The fourth-order valence-electron chi connectivity index (χ4n) is 3.44. The lowest BCUT2D eigenvalue weighted by molar-refractivity contribution is -0.274. The maximum Gasteiger partial charge on any atom is 0.573 e. The van der Waals surface area contributed by atoms with E-state index in [4.69, 9.17) is 9.47 Å². The SMILES string of the molecule is CN=C(NCCCOCC1CCCO1)NC1CC1c1ccccc1OC(F)(F)F.I. The number of hydrogen-bond acceptors (Lipinski definition) is 4. The molecule has 1 heterocycles. The molecule has 0 aromatic heterocycles. The van der Waals surface area contributed by atoms with Crippen molar-refractivity contribution in [3.05, 3.63) is 29.8 Å². The Morgan fingerprint density at radius 1 is 1.30 bits per heavy atom. The van der Waals surface area contributed by atoms with E-state index in [0.29, 0.717) is 31.3 Å². The first-order valence-electron chi connectivity index (χ1n) is 9.97. The first-order valence-corrected chi connectivity index (χ1v) is 9.97. The number of para-hydroxylation sites is 1. The van der Waals surface area contributed by atoms with Crippen LogP contribution in [0.25, 0.3) is 0 Å². The molecule has 1 saturated heterocycles. The summed E-state index contributed by atoms with van der Waals surface area (Å²) in [6.07, 6.45) is -0.750. The van der Waals surface area contributed by atoms with Crippen molar-refractivity contribution in [2.75, 3.05) is 33.4 Å². The molecule has 6 nitrogen and oxygen atoms in total. The van der Waals surface area contributed by atoms with E-state index in [2.05, 4.69) is 20.4 Å². The lowest BCUT2D eigenvalue weighted by atomic mass is 10.1. The highest BCUT2D eigenvalue weighted by Gasteiger charge is 2.42. The third-order valence-electron chi connectivity index (χ3n) is 4.97. The molecule has 1 aromatic rings. The Bertz CT molecular complexity index is 685. The number of ether oxygens (including phenoxy) is 3. The predicted molar refractivity (Wildman–Crippen MR) is 119 cm³/mol. The van der Waals surface area contributed by atoms with Crippen LogP contribution in [0.4, 0.5) is 13.2 Å². The van der Waals surface area contributed by atoms with Crippen molar-refractivity contribution in [1.29, 1.82) is 0 Å². The van der Waals surface area contributed by atoms with Gasteiger partial charge in [0, 0.05) is 38.8 Å². The monoisotopic (exact) mass is 543 g/mol. The van der Waals surface area contributed by atoms with Crippen LogP contribution in [0, 0.1) is 0 Å². The zero-order valence-corrected chi connectivity index (χ0v) is 19.2. The summed E-state index contributed by atoms with van der Waals surface area (Å²) < 4.78 is 53.1. The molecule has 3 unspecified atom stereocenters. The lowest BCUT2D eigenvalue weighted by Crippen LogP contribution is -2.39. The molecule has 1 saturated carbocycles. The van der Waals surface area contributed by atoms with Gasteiger partial charge in [0.2, 0.25) is 0 Å². The Morgan fingerprint density at radius 3 is 2.80 bits per heavy atom. The maximum absolute atomic E-state index is 12.6. The minimum atomic E-state index is -4.70. The third-order valence-corrected chi connectivity index (χ3v) is 4.97. The average Bonchev–Trinajstić information content (AvgIpc) is 3.23. The van der Waals surface area contributed by atoms with Gasteiger partial charge in [-0.25, -0.2) is 0 Å². The van der Waals surface area contributed by atoms with E-state index in [1.54, 1.807) is 19.2 Å². The largest absolute Gasteiger partial charge is 0.573 e. The molecule has 1 aliphatic heterocycles. The van der Waals surface area contributed by atoms with E-state index in [9.17, 15) is 13.2 Å². The van der Waals surface area contributed by atoms with Crippen LogP contribution < -0.4 is 15.4 Å². The van der Waals surface area contributed by atoms with E-state index >= 15 is 0 Å². The van der Waals surface area contributed by atoms with Crippen molar-refractivity contribution in [3.63, 3.8) is 0 Å². The van der Waals surface area contributed by atoms with E-state index in [0.717, 1.165) is 32.3 Å². The topological polar surface area (TPSA) is 64.1 Å². The normalized spacial score (nSPS) is 23.6. The molecule has 0 bridgehead atoms. The quantitative estimate of drug-likeness (QED) is 0.215. The molecule has 30 heavy (non-hydrogen) atoms. The van der Waals surface area contributed by atoms with Crippen molar-refractivity contribution in [2.24, 2.45) is 4.99 Å². The Kier molecular flexibility index (Phi) is 9.95. The number of alkyl halides is 3. The van der Waals surface area contributed by atoms with Gasteiger partial charge in [0.25, 0.3) is 0 Å². The van der Waals surface area contributed by atoms with Gasteiger partial charge >= 0.3 is 6.36 Å². The molecule has 0 amide bonds. The van der Waals surface area contributed by atoms with Crippen molar-refractivity contribution in [2.45, 2.75) is 50.1 Å². The number of rotatable bonds is 9. The molecule has 10 heteroatoms. The second kappa shape index (κ2) is 11.9. The molecular formula is C20H29F3IN3O3. The minimum Gasteiger partial charge on any atom is -0.405 e. The highest BCUT2D eigenvalue weighted by Crippen LogP contribution is 2.45. The van der Waals surface area contributed by atoms with Gasteiger partial charge in [-0.3, -0.25) is 4.99 Å². The van der Waals surface area contributed by atoms with Gasteiger partial charge in [-0.1, -0.05) is 18.2 Å².